The highest BCUT2D eigenvalue weighted by Crippen LogP contribution is 2.26. The largest absolute Gasteiger partial charge is 0.335 e. The normalized spacial score (nSPS) is 12.8. The number of rotatable bonds is 4. The van der Waals surface area contributed by atoms with E-state index in [2.05, 4.69) is 14.7 Å². The molecule has 0 unspecified atom stereocenters. The summed E-state index contributed by atoms with van der Waals surface area (Å²) < 4.78 is 26.2. The number of imidazole rings is 1. The molecule has 0 aliphatic heterocycles. The highest BCUT2D eigenvalue weighted by molar-refractivity contribution is 7.89. The minimum absolute atomic E-state index is 0.127. The molecule has 104 valence electrons. The molecule has 0 amide bonds. The lowest BCUT2D eigenvalue weighted by Gasteiger charge is -2.12. The fourth-order valence-corrected chi connectivity index (χ4v) is 2.81. The van der Waals surface area contributed by atoms with Crippen molar-refractivity contribution in [2.75, 3.05) is 0 Å². The number of nitrogens with zero attached hydrogens (tertiary/aromatic N) is 2. The quantitative estimate of drug-likeness (QED) is 0.898. The SMILES string of the molecule is N#C[C@H](NS(=O)(=O)c1cnc[nH]1)c1ccc(Cl)c(Cl)c1. The first-order chi connectivity index (χ1) is 9.44. The van der Waals surface area contributed by atoms with E-state index in [0.717, 1.165) is 6.20 Å². The number of halogens is 2. The summed E-state index contributed by atoms with van der Waals surface area (Å²) in [6.07, 6.45) is 2.38. The maximum absolute atomic E-state index is 12.0. The maximum atomic E-state index is 12.0. The lowest BCUT2D eigenvalue weighted by molar-refractivity contribution is 0.572. The smallest absolute Gasteiger partial charge is 0.259 e. The fraction of sp³-hybridized carbons (Fsp3) is 0.0909. The van der Waals surface area contributed by atoms with Gasteiger partial charge in [-0.05, 0) is 17.7 Å². The summed E-state index contributed by atoms with van der Waals surface area (Å²) in [4.78, 5) is 6.08. The van der Waals surface area contributed by atoms with Gasteiger partial charge in [0.05, 0.1) is 28.6 Å². The van der Waals surface area contributed by atoms with Gasteiger partial charge in [-0.3, -0.25) is 0 Å². The molecular weight excluding hydrogens is 323 g/mol. The Morgan fingerprint density at radius 2 is 2.10 bits per heavy atom. The third-order valence-corrected chi connectivity index (χ3v) is 4.53. The van der Waals surface area contributed by atoms with Gasteiger partial charge >= 0.3 is 0 Å². The number of sulfonamides is 1. The van der Waals surface area contributed by atoms with Crippen molar-refractivity contribution in [3.8, 4) is 6.07 Å². The number of nitriles is 1. The van der Waals surface area contributed by atoms with Crippen molar-refractivity contribution in [2.24, 2.45) is 0 Å². The van der Waals surface area contributed by atoms with Crippen molar-refractivity contribution in [1.29, 1.82) is 5.26 Å². The zero-order valence-electron chi connectivity index (χ0n) is 9.84. The van der Waals surface area contributed by atoms with Crippen molar-refractivity contribution < 1.29 is 8.42 Å². The predicted octanol–water partition coefficient (Wildman–Crippen LogP) is 2.26. The third kappa shape index (κ3) is 3.11. The van der Waals surface area contributed by atoms with E-state index in [-0.39, 0.29) is 10.0 Å². The Hall–Kier alpha value is -1.59. The second-order valence-electron chi connectivity index (χ2n) is 3.77. The summed E-state index contributed by atoms with van der Waals surface area (Å²) in [6, 6.07) is 5.23. The standard InChI is InChI=1S/C11H8Cl2N4O2S/c12-8-2-1-7(3-9(8)13)10(4-14)17-20(18,19)11-5-15-6-16-11/h1-3,5-6,10,17H,(H,15,16)/t10-/m0/s1. The molecule has 0 aliphatic carbocycles. The summed E-state index contributed by atoms with van der Waals surface area (Å²) in [5.41, 5.74) is 0.394. The van der Waals surface area contributed by atoms with Crippen LogP contribution in [0, 0.1) is 11.3 Å². The van der Waals surface area contributed by atoms with Gasteiger partial charge in [0, 0.05) is 0 Å². The van der Waals surface area contributed by atoms with E-state index < -0.39 is 16.1 Å². The van der Waals surface area contributed by atoms with Gasteiger partial charge in [0.15, 0.2) is 5.03 Å². The Bertz CT molecular complexity index is 753. The van der Waals surface area contributed by atoms with E-state index in [0.29, 0.717) is 10.6 Å². The Kier molecular flexibility index (Phi) is 4.30. The third-order valence-electron chi connectivity index (χ3n) is 2.44. The molecule has 0 saturated carbocycles. The van der Waals surface area contributed by atoms with Crippen molar-refractivity contribution in [2.45, 2.75) is 11.1 Å². The van der Waals surface area contributed by atoms with Crippen molar-refractivity contribution in [3.05, 3.63) is 46.3 Å². The number of aromatic amines is 1. The molecule has 0 saturated heterocycles. The molecule has 1 aromatic carbocycles. The van der Waals surface area contributed by atoms with Crippen molar-refractivity contribution in [1.82, 2.24) is 14.7 Å². The molecule has 1 atom stereocenters. The molecule has 1 aromatic heterocycles. The van der Waals surface area contributed by atoms with Gasteiger partial charge in [-0.25, -0.2) is 13.4 Å². The summed E-state index contributed by atoms with van der Waals surface area (Å²) in [5.74, 6) is 0. The molecule has 0 fully saturated rings. The Labute approximate surface area is 125 Å². The van der Waals surface area contributed by atoms with E-state index in [1.165, 1.54) is 24.5 Å². The van der Waals surface area contributed by atoms with Crippen LogP contribution in [0.5, 0.6) is 0 Å². The van der Waals surface area contributed by atoms with E-state index >= 15 is 0 Å². The highest BCUT2D eigenvalue weighted by atomic mass is 35.5. The van der Waals surface area contributed by atoms with E-state index in [9.17, 15) is 8.42 Å². The molecule has 20 heavy (non-hydrogen) atoms. The average molecular weight is 331 g/mol. The fourth-order valence-electron chi connectivity index (χ4n) is 1.47. The van der Waals surface area contributed by atoms with Crippen molar-refractivity contribution >= 4 is 33.2 Å². The molecule has 0 aliphatic rings. The summed E-state index contributed by atoms with van der Waals surface area (Å²) in [5, 5.41) is 9.56. The van der Waals surface area contributed by atoms with Crippen LogP contribution in [0.25, 0.3) is 0 Å². The Morgan fingerprint density at radius 1 is 1.35 bits per heavy atom. The Balaban J connectivity index is 2.30. The van der Waals surface area contributed by atoms with Crippen molar-refractivity contribution in [3.63, 3.8) is 0 Å². The first-order valence-electron chi connectivity index (χ1n) is 5.29. The Morgan fingerprint density at radius 3 is 2.65 bits per heavy atom. The van der Waals surface area contributed by atoms with Gasteiger partial charge in [0.1, 0.15) is 6.04 Å². The van der Waals surface area contributed by atoms with E-state index in [1.807, 2.05) is 6.07 Å². The molecule has 0 bridgehead atoms. The van der Waals surface area contributed by atoms with Crippen LogP contribution in [0.2, 0.25) is 10.0 Å². The van der Waals surface area contributed by atoms with E-state index in [1.54, 1.807) is 0 Å². The summed E-state index contributed by atoms with van der Waals surface area (Å²) >= 11 is 11.6. The van der Waals surface area contributed by atoms with Gasteiger partial charge < -0.3 is 4.98 Å². The van der Waals surface area contributed by atoms with Gasteiger partial charge in [0.25, 0.3) is 10.0 Å². The van der Waals surface area contributed by atoms with Gasteiger partial charge in [-0.2, -0.15) is 9.98 Å². The number of hydrogen-bond acceptors (Lipinski definition) is 4. The minimum atomic E-state index is -3.87. The number of hydrogen-bond donors (Lipinski definition) is 2. The first kappa shape index (κ1) is 14.8. The number of aromatic nitrogens is 2. The summed E-state index contributed by atoms with van der Waals surface area (Å²) in [6.45, 7) is 0. The van der Waals surface area contributed by atoms with Gasteiger partial charge in [-0.15, -0.1) is 0 Å². The number of H-pyrrole nitrogens is 1. The molecule has 6 nitrogen and oxygen atoms in total. The maximum Gasteiger partial charge on any atom is 0.259 e. The minimum Gasteiger partial charge on any atom is -0.335 e. The lowest BCUT2D eigenvalue weighted by Crippen LogP contribution is -2.28. The summed E-state index contributed by atoms with van der Waals surface area (Å²) in [7, 11) is -3.87. The lowest BCUT2D eigenvalue weighted by atomic mass is 10.1. The average Bonchev–Trinajstić information content (AvgIpc) is 2.94. The van der Waals surface area contributed by atoms with Crippen LogP contribution in [0.4, 0.5) is 0 Å². The molecule has 2 aromatic rings. The van der Waals surface area contributed by atoms with Crippen LogP contribution in [-0.2, 0) is 10.0 Å². The predicted molar refractivity (Wildman–Crippen MR) is 73.7 cm³/mol. The zero-order chi connectivity index (χ0) is 14.8. The number of nitrogens with one attached hydrogen (secondary N) is 2. The van der Waals surface area contributed by atoms with Gasteiger partial charge in [-0.1, -0.05) is 29.3 Å². The molecule has 2 rings (SSSR count). The molecule has 9 heteroatoms. The molecule has 2 N–H and O–H groups in total. The number of benzene rings is 1. The van der Waals surface area contributed by atoms with Gasteiger partial charge in [0.2, 0.25) is 0 Å². The van der Waals surface area contributed by atoms with Crippen LogP contribution < -0.4 is 4.72 Å². The monoisotopic (exact) mass is 330 g/mol. The topological polar surface area (TPSA) is 98.6 Å². The molecule has 1 heterocycles. The van der Waals surface area contributed by atoms with Crippen LogP contribution in [0.3, 0.4) is 0 Å². The second kappa shape index (κ2) is 5.81. The van der Waals surface area contributed by atoms with E-state index in [4.69, 9.17) is 28.5 Å². The zero-order valence-corrected chi connectivity index (χ0v) is 12.2. The molecular formula is C11H8Cl2N4O2S. The highest BCUT2D eigenvalue weighted by Gasteiger charge is 2.22. The van der Waals surface area contributed by atoms with Crippen LogP contribution in [0.15, 0.2) is 35.7 Å². The first-order valence-corrected chi connectivity index (χ1v) is 7.53. The van der Waals surface area contributed by atoms with Crippen LogP contribution in [-0.4, -0.2) is 18.4 Å². The molecule has 0 radical (unpaired) electrons. The second-order valence-corrected chi connectivity index (χ2v) is 6.27. The van der Waals surface area contributed by atoms with Crippen LogP contribution >= 0.6 is 23.2 Å². The molecule has 0 spiro atoms. The van der Waals surface area contributed by atoms with Crippen LogP contribution in [0.1, 0.15) is 11.6 Å².